The van der Waals surface area contributed by atoms with Crippen molar-refractivity contribution in [2.24, 2.45) is 0 Å². The van der Waals surface area contributed by atoms with Crippen LogP contribution in [0.5, 0.6) is 5.75 Å². The monoisotopic (exact) mass is 429 g/mol. The van der Waals surface area contributed by atoms with Crippen molar-refractivity contribution in [1.82, 2.24) is 19.9 Å². The van der Waals surface area contributed by atoms with Crippen molar-refractivity contribution in [3.63, 3.8) is 0 Å². The number of carbonyl (C=O) groups excluding carboxylic acids is 1. The summed E-state index contributed by atoms with van der Waals surface area (Å²) >= 11 is 0. The van der Waals surface area contributed by atoms with Crippen molar-refractivity contribution >= 4 is 23.6 Å². The second-order valence-electron chi connectivity index (χ2n) is 7.93. The molecule has 1 amide bonds. The van der Waals surface area contributed by atoms with E-state index in [1.54, 1.807) is 31.4 Å². The highest BCUT2D eigenvalue weighted by Crippen LogP contribution is 2.29. The number of benzene rings is 1. The smallest absolute Gasteiger partial charge is 0.249 e. The van der Waals surface area contributed by atoms with E-state index in [4.69, 9.17) is 4.74 Å². The maximum absolute atomic E-state index is 12.3. The summed E-state index contributed by atoms with van der Waals surface area (Å²) in [5, 5.41) is 3.27. The van der Waals surface area contributed by atoms with Gasteiger partial charge in [0.05, 0.1) is 18.0 Å². The Morgan fingerprint density at radius 2 is 1.94 bits per heavy atom. The summed E-state index contributed by atoms with van der Waals surface area (Å²) in [6.45, 7) is 2.82. The van der Waals surface area contributed by atoms with Gasteiger partial charge in [0, 0.05) is 50.2 Å². The fourth-order valence-electron chi connectivity index (χ4n) is 3.51. The third kappa shape index (κ3) is 4.94. The molecule has 0 atom stereocenters. The van der Waals surface area contributed by atoms with Crippen LogP contribution in [0.4, 0.5) is 11.6 Å². The van der Waals surface area contributed by atoms with Gasteiger partial charge in [-0.05, 0) is 47.9 Å². The van der Waals surface area contributed by atoms with Gasteiger partial charge >= 0.3 is 0 Å². The summed E-state index contributed by atoms with van der Waals surface area (Å²) in [5.41, 5.74) is 5.29. The lowest BCUT2D eigenvalue weighted by molar-refractivity contribution is -0.124. The van der Waals surface area contributed by atoms with Crippen molar-refractivity contribution in [1.29, 1.82) is 0 Å². The highest BCUT2D eigenvalue weighted by atomic mass is 16.5. The first-order valence-electron chi connectivity index (χ1n) is 10.8. The summed E-state index contributed by atoms with van der Waals surface area (Å²) in [6.07, 6.45) is 8.12. The number of nitrogens with one attached hydrogen (secondary N) is 1. The molecular weight excluding hydrogens is 402 g/mol. The summed E-state index contributed by atoms with van der Waals surface area (Å²) < 4.78 is 5.79. The van der Waals surface area contributed by atoms with E-state index in [2.05, 4.69) is 27.2 Å². The van der Waals surface area contributed by atoms with Gasteiger partial charge in [-0.1, -0.05) is 19.4 Å². The van der Waals surface area contributed by atoms with Crippen molar-refractivity contribution < 1.29 is 9.53 Å². The van der Waals surface area contributed by atoms with Crippen molar-refractivity contribution in [3.8, 4) is 17.1 Å². The number of anilines is 2. The quantitative estimate of drug-likeness (QED) is 0.532. The molecule has 2 heterocycles. The highest BCUT2D eigenvalue weighted by molar-refractivity contribution is 6.00. The summed E-state index contributed by atoms with van der Waals surface area (Å²) in [6, 6.07) is 11.6. The van der Waals surface area contributed by atoms with Gasteiger partial charge in [-0.15, -0.1) is 0 Å². The van der Waals surface area contributed by atoms with Crippen LogP contribution in [-0.4, -0.2) is 46.5 Å². The largest absolute Gasteiger partial charge is 0.493 e. The molecule has 2 aromatic heterocycles. The van der Waals surface area contributed by atoms with Crippen LogP contribution in [-0.2, 0) is 11.2 Å². The number of aromatic nitrogens is 3. The van der Waals surface area contributed by atoms with Gasteiger partial charge < -0.3 is 15.0 Å². The summed E-state index contributed by atoms with van der Waals surface area (Å²) in [5.74, 6) is 1.31. The molecule has 0 aliphatic heterocycles. The first-order valence-corrected chi connectivity index (χ1v) is 10.8. The lowest BCUT2D eigenvalue weighted by Crippen LogP contribution is -2.23. The molecule has 4 rings (SSSR count). The normalized spacial score (nSPS) is 12.2. The average Bonchev–Trinajstić information content (AvgIpc) is 3.22. The molecule has 1 aliphatic rings. The van der Waals surface area contributed by atoms with Gasteiger partial charge in [-0.2, -0.15) is 0 Å². The number of amides is 1. The Labute approximate surface area is 188 Å². The number of hydrogen-bond acceptors (Lipinski definition) is 6. The average molecular weight is 430 g/mol. The molecule has 32 heavy (non-hydrogen) atoms. The second kappa shape index (κ2) is 9.60. The molecule has 164 valence electrons. The fourth-order valence-corrected chi connectivity index (χ4v) is 3.51. The van der Waals surface area contributed by atoms with Crippen LogP contribution in [0.1, 0.15) is 30.9 Å². The zero-order chi connectivity index (χ0) is 22.5. The third-order valence-electron chi connectivity index (χ3n) is 5.21. The zero-order valence-electron chi connectivity index (χ0n) is 18.6. The SMILES string of the molecule is CCCCOc1ccnc(-c2ccnc(Nc3ccc4c(c3)CC(C(=O)N(C)C)=C4)n2)c1. The minimum Gasteiger partial charge on any atom is -0.493 e. The van der Waals surface area contributed by atoms with Crippen LogP contribution < -0.4 is 10.1 Å². The predicted octanol–water partition coefficient (Wildman–Crippen LogP) is 4.49. The van der Waals surface area contributed by atoms with E-state index >= 15 is 0 Å². The Morgan fingerprint density at radius 1 is 1.09 bits per heavy atom. The fraction of sp³-hybridized carbons (Fsp3) is 0.280. The molecule has 0 radical (unpaired) electrons. The standard InChI is InChI=1S/C25H27N5O2/c1-4-5-12-32-21-8-10-26-23(16-21)22-9-11-27-25(29-22)28-20-7-6-17-13-19(14-18(17)15-20)24(31)30(2)3/h6-11,13,15-16H,4-5,12,14H2,1-3H3,(H,27,28,29). The van der Waals surface area contributed by atoms with Crippen LogP contribution >= 0.6 is 0 Å². The lowest BCUT2D eigenvalue weighted by atomic mass is 10.1. The first-order chi connectivity index (χ1) is 15.5. The Kier molecular flexibility index (Phi) is 6.44. The van der Waals surface area contributed by atoms with Crippen molar-refractivity contribution in [2.45, 2.75) is 26.2 Å². The molecule has 7 nitrogen and oxygen atoms in total. The number of unbranched alkanes of at least 4 members (excludes halogenated alkanes) is 1. The molecule has 1 aliphatic carbocycles. The number of carbonyl (C=O) groups is 1. The van der Waals surface area contributed by atoms with Crippen molar-refractivity contribution in [2.75, 3.05) is 26.0 Å². The van der Waals surface area contributed by atoms with Crippen molar-refractivity contribution in [3.05, 3.63) is 65.5 Å². The molecule has 0 unspecified atom stereocenters. The maximum Gasteiger partial charge on any atom is 0.249 e. The molecule has 0 saturated carbocycles. The second-order valence-corrected chi connectivity index (χ2v) is 7.93. The summed E-state index contributed by atoms with van der Waals surface area (Å²) in [4.78, 5) is 27.3. The number of nitrogens with zero attached hydrogens (tertiary/aromatic N) is 4. The topological polar surface area (TPSA) is 80.2 Å². The first kappa shape index (κ1) is 21.5. The molecule has 0 spiro atoms. The molecular formula is C25H27N5O2. The lowest BCUT2D eigenvalue weighted by Gasteiger charge is -2.11. The predicted molar refractivity (Wildman–Crippen MR) is 126 cm³/mol. The van der Waals surface area contributed by atoms with E-state index in [1.165, 1.54) is 0 Å². The summed E-state index contributed by atoms with van der Waals surface area (Å²) in [7, 11) is 3.54. The van der Waals surface area contributed by atoms with Gasteiger partial charge in [0.25, 0.3) is 0 Å². The Bertz CT molecular complexity index is 1160. The molecule has 7 heteroatoms. The number of rotatable bonds is 8. The molecule has 0 fully saturated rings. The van der Waals surface area contributed by atoms with Crippen LogP contribution in [0.3, 0.4) is 0 Å². The van der Waals surface area contributed by atoms with Crippen LogP contribution in [0.25, 0.3) is 17.5 Å². The van der Waals surface area contributed by atoms with E-state index in [0.717, 1.165) is 46.7 Å². The number of likely N-dealkylation sites (N-methyl/N-ethyl adjacent to an activating group) is 1. The number of fused-ring (bicyclic) bond motifs is 1. The molecule has 1 N–H and O–H groups in total. The molecule has 1 aromatic carbocycles. The van der Waals surface area contributed by atoms with Gasteiger partial charge in [-0.25, -0.2) is 9.97 Å². The van der Waals surface area contributed by atoms with Crippen LogP contribution in [0, 0.1) is 0 Å². The number of hydrogen-bond donors (Lipinski definition) is 1. The van der Waals surface area contributed by atoms with E-state index < -0.39 is 0 Å². The number of ether oxygens (including phenoxy) is 1. The van der Waals surface area contributed by atoms with E-state index in [0.29, 0.717) is 24.7 Å². The molecule has 0 bridgehead atoms. The minimum atomic E-state index is 0.0418. The van der Waals surface area contributed by atoms with Gasteiger partial charge in [0.1, 0.15) is 5.75 Å². The van der Waals surface area contributed by atoms with E-state index in [9.17, 15) is 4.79 Å². The van der Waals surface area contributed by atoms with Gasteiger partial charge in [0.2, 0.25) is 11.9 Å². The van der Waals surface area contributed by atoms with Crippen LogP contribution in [0.15, 0.2) is 54.4 Å². The Morgan fingerprint density at radius 3 is 2.75 bits per heavy atom. The molecule has 3 aromatic rings. The highest BCUT2D eigenvalue weighted by Gasteiger charge is 2.20. The Balaban J connectivity index is 1.48. The van der Waals surface area contributed by atoms with E-state index in [1.807, 2.05) is 42.5 Å². The van der Waals surface area contributed by atoms with Crippen LogP contribution in [0.2, 0.25) is 0 Å². The maximum atomic E-state index is 12.3. The van der Waals surface area contributed by atoms with Gasteiger partial charge in [-0.3, -0.25) is 9.78 Å². The third-order valence-corrected chi connectivity index (χ3v) is 5.21. The zero-order valence-corrected chi connectivity index (χ0v) is 18.6. The van der Waals surface area contributed by atoms with Gasteiger partial charge in [0.15, 0.2) is 0 Å². The Hall–Kier alpha value is -3.74. The molecule has 0 saturated heterocycles. The number of pyridine rings is 1. The van der Waals surface area contributed by atoms with E-state index in [-0.39, 0.29) is 5.91 Å². The minimum absolute atomic E-state index is 0.0418.